The normalized spacial score (nSPS) is 11.1. The van der Waals surface area contributed by atoms with Gasteiger partial charge in [0, 0.05) is 13.1 Å². The zero-order valence-corrected chi connectivity index (χ0v) is 9.60. The molecule has 2 heteroatoms. The second kappa shape index (κ2) is 10.0. The molecule has 0 heterocycles. The van der Waals surface area contributed by atoms with Crippen LogP contribution in [0.5, 0.6) is 0 Å². The highest BCUT2D eigenvalue weighted by Gasteiger charge is 1.90. The van der Waals surface area contributed by atoms with Crippen LogP contribution in [0.4, 0.5) is 0 Å². The van der Waals surface area contributed by atoms with Crippen molar-refractivity contribution in [2.45, 2.75) is 39.0 Å². The summed E-state index contributed by atoms with van der Waals surface area (Å²) in [5, 5.41) is 3.45. The van der Waals surface area contributed by atoms with Crippen LogP contribution in [0.2, 0.25) is 0 Å². The van der Waals surface area contributed by atoms with E-state index in [1.54, 1.807) is 0 Å². The van der Waals surface area contributed by atoms with Gasteiger partial charge in [-0.25, -0.2) is 0 Å². The fourth-order valence-corrected chi connectivity index (χ4v) is 1.28. The quantitative estimate of drug-likeness (QED) is 0.555. The van der Waals surface area contributed by atoms with Crippen LogP contribution in [0.3, 0.4) is 0 Å². The van der Waals surface area contributed by atoms with Crippen molar-refractivity contribution in [3.63, 3.8) is 0 Å². The van der Waals surface area contributed by atoms with Gasteiger partial charge in [0.1, 0.15) is 0 Å². The zero-order valence-electron chi connectivity index (χ0n) is 9.60. The number of unbranched alkanes of at least 4 members (excludes halogenated alkanes) is 4. The molecule has 0 bridgehead atoms. The van der Waals surface area contributed by atoms with E-state index in [0.29, 0.717) is 0 Å². The average molecular weight is 186 g/mol. The second-order valence-electron chi connectivity index (χ2n) is 3.97. The fraction of sp³-hybridized carbons (Fsp3) is 1.00. The summed E-state index contributed by atoms with van der Waals surface area (Å²) in [5.74, 6) is 0. The van der Waals surface area contributed by atoms with Gasteiger partial charge in [0.05, 0.1) is 0 Å². The van der Waals surface area contributed by atoms with Gasteiger partial charge in [0.2, 0.25) is 0 Å². The molecule has 0 aromatic heterocycles. The smallest absolute Gasteiger partial charge is 0.0101 e. The van der Waals surface area contributed by atoms with Crippen LogP contribution in [0.15, 0.2) is 0 Å². The molecule has 0 unspecified atom stereocenters. The summed E-state index contributed by atoms with van der Waals surface area (Å²) in [6.07, 6.45) is 6.88. The number of nitrogens with one attached hydrogen (secondary N) is 1. The Morgan fingerprint density at radius 3 is 2.23 bits per heavy atom. The van der Waals surface area contributed by atoms with Gasteiger partial charge in [-0.15, -0.1) is 0 Å². The molecular formula is C11H26N2. The molecule has 0 atom stereocenters. The maximum atomic E-state index is 3.45. The second-order valence-corrected chi connectivity index (χ2v) is 3.97. The summed E-state index contributed by atoms with van der Waals surface area (Å²) < 4.78 is 0. The molecule has 0 aliphatic rings. The summed E-state index contributed by atoms with van der Waals surface area (Å²) >= 11 is 0. The van der Waals surface area contributed by atoms with Gasteiger partial charge >= 0.3 is 0 Å². The summed E-state index contributed by atoms with van der Waals surface area (Å²) in [4.78, 5) is 2.21. The Hall–Kier alpha value is -0.0800. The Kier molecular flexibility index (Phi) is 9.94. The Morgan fingerprint density at radius 2 is 1.62 bits per heavy atom. The maximum absolute atomic E-state index is 3.45. The average Bonchev–Trinajstić information content (AvgIpc) is 2.09. The van der Waals surface area contributed by atoms with Crippen molar-refractivity contribution in [2.75, 3.05) is 33.7 Å². The molecule has 2 nitrogen and oxygen atoms in total. The van der Waals surface area contributed by atoms with Crippen LogP contribution in [-0.2, 0) is 0 Å². The number of hydrogen-bond donors (Lipinski definition) is 1. The first kappa shape index (κ1) is 12.9. The van der Waals surface area contributed by atoms with Crippen LogP contribution in [0.25, 0.3) is 0 Å². The Balaban J connectivity index is 2.84. The van der Waals surface area contributed by atoms with Crippen molar-refractivity contribution in [1.29, 1.82) is 0 Å². The minimum atomic E-state index is 1.13. The minimum Gasteiger partial charge on any atom is -0.315 e. The Bertz CT molecular complexity index is 92.1. The molecule has 0 aromatic carbocycles. The first-order chi connectivity index (χ1) is 6.27. The van der Waals surface area contributed by atoms with Gasteiger partial charge < -0.3 is 10.2 Å². The largest absolute Gasteiger partial charge is 0.315 e. The number of hydrogen-bond acceptors (Lipinski definition) is 2. The van der Waals surface area contributed by atoms with E-state index in [9.17, 15) is 0 Å². The monoisotopic (exact) mass is 186 g/mol. The van der Waals surface area contributed by atoms with Gasteiger partial charge in [0.25, 0.3) is 0 Å². The van der Waals surface area contributed by atoms with Crippen LogP contribution >= 0.6 is 0 Å². The van der Waals surface area contributed by atoms with E-state index in [1.807, 2.05) is 0 Å². The molecule has 13 heavy (non-hydrogen) atoms. The molecule has 0 aliphatic carbocycles. The lowest BCUT2D eigenvalue weighted by Crippen LogP contribution is -2.27. The third-order valence-electron chi connectivity index (χ3n) is 2.19. The van der Waals surface area contributed by atoms with E-state index >= 15 is 0 Å². The number of nitrogens with zero attached hydrogens (tertiary/aromatic N) is 1. The number of likely N-dealkylation sites (N-methyl/N-ethyl adjacent to an activating group) is 1. The molecule has 0 fully saturated rings. The van der Waals surface area contributed by atoms with Crippen LogP contribution < -0.4 is 5.32 Å². The summed E-state index contributed by atoms with van der Waals surface area (Å²) in [7, 11) is 4.23. The molecule has 0 rings (SSSR count). The minimum absolute atomic E-state index is 1.13. The molecule has 0 saturated carbocycles. The van der Waals surface area contributed by atoms with Crippen molar-refractivity contribution < 1.29 is 0 Å². The molecule has 0 aliphatic heterocycles. The summed E-state index contributed by atoms with van der Waals surface area (Å²) in [5.41, 5.74) is 0. The van der Waals surface area contributed by atoms with E-state index in [1.165, 1.54) is 38.6 Å². The highest BCUT2D eigenvalue weighted by molar-refractivity contribution is 4.51. The molecule has 0 amide bonds. The van der Waals surface area contributed by atoms with Crippen molar-refractivity contribution in [1.82, 2.24) is 10.2 Å². The van der Waals surface area contributed by atoms with E-state index in [2.05, 4.69) is 31.2 Å². The highest BCUT2D eigenvalue weighted by Crippen LogP contribution is 2.00. The Morgan fingerprint density at radius 1 is 0.923 bits per heavy atom. The molecule has 0 saturated heterocycles. The van der Waals surface area contributed by atoms with Crippen molar-refractivity contribution in [3.05, 3.63) is 0 Å². The van der Waals surface area contributed by atoms with Gasteiger partial charge in [-0.05, 0) is 27.1 Å². The van der Waals surface area contributed by atoms with Gasteiger partial charge in [-0.2, -0.15) is 0 Å². The first-order valence-electron chi connectivity index (χ1n) is 5.62. The van der Waals surface area contributed by atoms with E-state index in [-0.39, 0.29) is 0 Å². The lowest BCUT2D eigenvalue weighted by atomic mass is 10.1. The lowest BCUT2D eigenvalue weighted by Gasteiger charge is -2.09. The Labute approximate surface area is 83.7 Å². The fourth-order valence-electron chi connectivity index (χ4n) is 1.28. The maximum Gasteiger partial charge on any atom is 0.0101 e. The van der Waals surface area contributed by atoms with Crippen molar-refractivity contribution in [2.24, 2.45) is 0 Å². The van der Waals surface area contributed by atoms with Crippen LogP contribution in [0.1, 0.15) is 39.0 Å². The third kappa shape index (κ3) is 11.9. The van der Waals surface area contributed by atoms with E-state index in [0.717, 1.165) is 13.1 Å². The van der Waals surface area contributed by atoms with Crippen molar-refractivity contribution in [3.8, 4) is 0 Å². The highest BCUT2D eigenvalue weighted by atomic mass is 15.1. The van der Waals surface area contributed by atoms with E-state index in [4.69, 9.17) is 0 Å². The number of rotatable bonds is 9. The first-order valence-corrected chi connectivity index (χ1v) is 5.62. The zero-order chi connectivity index (χ0) is 9.94. The molecule has 0 radical (unpaired) electrons. The van der Waals surface area contributed by atoms with Crippen LogP contribution in [-0.4, -0.2) is 38.6 Å². The molecule has 1 N–H and O–H groups in total. The predicted molar refractivity (Wildman–Crippen MR) is 60.2 cm³/mol. The third-order valence-corrected chi connectivity index (χ3v) is 2.19. The summed E-state index contributed by atoms with van der Waals surface area (Å²) in [6.45, 7) is 5.72. The van der Waals surface area contributed by atoms with E-state index < -0.39 is 0 Å². The topological polar surface area (TPSA) is 15.3 Å². The van der Waals surface area contributed by atoms with Gasteiger partial charge in [-0.3, -0.25) is 0 Å². The standard InChI is InChI=1S/C11H26N2/c1-4-5-6-7-8-9-12-10-11-13(2)3/h12H,4-11H2,1-3H3. The predicted octanol–water partition coefficient (Wildman–Crippen LogP) is 2.11. The van der Waals surface area contributed by atoms with Crippen LogP contribution in [0, 0.1) is 0 Å². The lowest BCUT2D eigenvalue weighted by molar-refractivity contribution is 0.398. The van der Waals surface area contributed by atoms with Gasteiger partial charge in [0.15, 0.2) is 0 Å². The SMILES string of the molecule is CCCCCCCNCCN(C)C. The van der Waals surface area contributed by atoms with Crippen molar-refractivity contribution >= 4 is 0 Å². The molecule has 80 valence electrons. The van der Waals surface area contributed by atoms with Gasteiger partial charge in [-0.1, -0.05) is 32.6 Å². The molecule has 0 spiro atoms. The molecule has 0 aromatic rings. The molecular weight excluding hydrogens is 160 g/mol. The summed E-state index contributed by atoms with van der Waals surface area (Å²) in [6, 6.07) is 0.